The van der Waals surface area contributed by atoms with Crippen LogP contribution < -0.4 is 10.1 Å². The maximum atomic E-state index is 13.0. The summed E-state index contributed by atoms with van der Waals surface area (Å²) in [6.45, 7) is 6.24. The molecule has 1 unspecified atom stereocenters. The first-order valence-corrected chi connectivity index (χ1v) is 13.1. The topological polar surface area (TPSA) is 82.1 Å². The minimum absolute atomic E-state index is 0.0849. The molecule has 0 spiro atoms. The number of likely N-dealkylation sites (tertiary alicyclic amines) is 1. The van der Waals surface area contributed by atoms with Crippen molar-refractivity contribution in [1.29, 1.82) is 0 Å². The Morgan fingerprint density at radius 3 is 2.67 bits per heavy atom. The Hall–Kier alpha value is -3.32. The van der Waals surface area contributed by atoms with Gasteiger partial charge in [-0.25, -0.2) is 0 Å². The number of hydrogen-bond acceptors (Lipinski definition) is 5. The van der Waals surface area contributed by atoms with E-state index in [4.69, 9.17) is 4.74 Å². The van der Waals surface area contributed by atoms with Crippen molar-refractivity contribution < 1.29 is 19.4 Å². The molecule has 7 heteroatoms. The Labute approximate surface area is 211 Å². The molecule has 36 heavy (non-hydrogen) atoms. The summed E-state index contributed by atoms with van der Waals surface area (Å²) in [4.78, 5) is 29.7. The van der Waals surface area contributed by atoms with Crippen molar-refractivity contribution in [3.05, 3.63) is 71.4 Å². The first kappa shape index (κ1) is 23.1. The highest BCUT2D eigenvalue weighted by Crippen LogP contribution is 2.37. The molecule has 0 bridgehead atoms. The molecule has 3 fully saturated rings. The van der Waals surface area contributed by atoms with E-state index in [1.165, 1.54) is 12.0 Å². The zero-order valence-corrected chi connectivity index (χ0v) is 20.5. The quantitative estimate of drug-likeness (QED) is 0.668. The Balaban J connectivity index is 1.12. The van der Waals surface area contributed by atoms with Crippen molar-refractivity contribution in [1.82, 2.24) is 15.1 Å². The van der Waals surface area contributed by atoms with Crippen molar-refractivity contribution in [2.75, 3.05) is 13.1 Å². The predicted octanol–water partition coefficient (Wildman–Crippen LogP) is 3.93. The highest BCUT2D eigenvalue weighted by molar-refractivity contribution is 6.01. The molecule has 2 N–H and O–H groups in total. The van der Waals surface area contributed by atoms with Gasteiger partial charge in [0.2, 0.25) is 5.91 Å². The van der Waals surface area contributed by atoms with E-state index in [9.17, 15) is 14.7 Å². The van der Waals surface area contributed by atoms with Crippen LogP contribution >= 0.6 is 0 Å². The number of aromatic hydroxyl groups is 1. The lowest BCUT2D eigenvalue weighted by Crippen LogP contribution is -2.57. The summed E-state index contributed by atoms with van der Waals surface area (Å²) in [5.41, 5.74) is 3.50. The van der Waals surface area contributed by atoms with Gasteiger partial charge in [-0.15, -0.1) is 0 Å². The summed E-state index contributed by atoms with van der Waals surface area (Å²) >= 11 is 0. The average molecular weight is 488 g/mol. The number of rotatable bonds is 5. The number of nitrogens with zero attached hydrogens (tertiary/aromatic N) is 2. The van der Waals surface area contributed by atoms with Crippen LogP contribution in [0.1, 0.15) is 65.9 Å². The van der Waals surface area contributed by atoms with Crippen molar-refractivity contribution >= 4 is 11.8 Å². The second-order valence-corrected chi connectivity index (χ2v) is 10.7. The predicted molar refractivity (Wildman–Crippen MR) is 136 cm³/mol. The van der Waals surface area contributed by atoms with Gasteiger partial charge in [-0.3, -0.25) is 14.5 Å². The number of phenols is 1. The van der Waals surface area contributed by atoms with Crippen LogP contribution in [0, 0.1) is 0 Å². The standard InChI is InChI=1S/C29H33N3O4/c1-18-9-12-26(28(34)30-18)32-17-20-14-23(10-11-24(20)29(32)35)36-27-8-3-2-7-25(27)31-15-21(16-31)19-5-4-6-22(33)13-19/h4-6,10-11,13-14,21,25-27,33H,1-3,7-9,12,15-17H2,(H,30,34)/t25-,26?,27-/m0/s1. The normalized spacial score (nSPS) is 26.9. The zero-order chi connectivity index (χ0) is 24.8. The molecular weight excluding hydrogens is 454 g/mol. The molecular formula is C29H33N3O4. The van der Waals surface area contributed by atoms with Gasteiger partial charge >= 0.3 is 0 Å². The van der Waals surface area contributed by atoms with E-state index in [2.05, 4.69) is 22.9 Å². The van der Waals surface area contributed by atoms with Crippen LogP contribution in [0.5, 0.6) is 11.5 Å². The molecule has 2 aromatic carbocycles. The Kier molecular flexibility index (Phi) is 5.96. The summed E-state index contributed by atoms with van der Waals surface area (Å²) in [6.07, 6.45) is 5.92. The second kappa shape index (κ2) is 9.28. The Bertz CT molecular complexity index is 1200. The van der Waals surface area contributed by atoms with Crippen molar-refractivity contribution in [3.8, 4) is 11.5 Å². The Morgan fingerprint density at radius 2 is 1.86 bits per heavy atom. The number of piperidine rings is 1. The maximum Gasteiger partial charge on any atom is 0.255 e. The molecule has 0 aromatic heterocycles. The third kappa shape index (κ3) is 4.26. The van der Waals surface area contributed by atoms with E-state index in [-0.39, 0.29) is 17.9 Å². The summed E-state index contributed by atoms with van der Waals surface area (Å²) < 4.78 is 6.56. The molecule has 4 aliphatic rings. The monoisotopic (exact) mass is 487 g/mol. The van der Waals surface area contributed by atoms with Crippen LogP contribution in [0.3, 0.4) is 0 Å². The fourth-order valence-electron chi connectivity index (χ4n) is 6.28. The first-order chi connectivity index (χ1) is 17.5. The number of fused-ring (bicyclic) bond motifs is 1. The highest BCUT2D eigenvalue weighted by atomic mass is 16.5. The lowest BCUT2D eigenvalue weighted by Gasteiger charge is -2.48. The van der Waals surface area contributed by atoms with Crippen LogP contribution in [0.4, 0.5) is 0 Å². The van der Waals surface area contributed by atoms with E-state index < -0.39 is 6.04 Å². The van der Waals surface area contributed by atoms with Gasteiger partial charge in [0.1, 0.15) is 23.6 Å². The summed E-state index contributed by atoms with van der Waals surface area (Å²) in [6, 6.07) is 13.3. The third-order valence-corrected chi connectivity index (χ3v) is 8.28. The van der Waals surface area contributed by atoms with E-state index in [0.29, 0.717) is 48.4 Å². The van der Waals surface area contributed by atoms with Gasteiger partial charge in [-0.2, -0.15) is 0 Å². The molecule has 3 atom stereocenters. The molecule has 1 saturated carbocycles. The van der Waals surface area contributed by atoms with Crippen molar-refractivity contribution in [2.24, 2.45) is 0 Å². The summed E-state index contributed by atoms with van der Waals surface area (Å²) in [5, 5.41) is 12.6. The molecule has 188 valence electrons. The second-order valence-electron chi connectivity index (χ2n) is 10.7. The molecule has 1 aliphatic carbocycles. The van der Waals surface area contributed by atoms with E-state index >= 15 is 0 Å². The summed E-state index contributed by atoms with van der Waals surface area (Å²) in [7, 11) is 0. The number of nitrogens with one attached hydrogen (secondary N) is 1. The largest absolute Gasteiger partial charge is 0.508 e. The summed E-state index contributed by atoms with van der Waals surface area (Å²) in [5.74, 6) is 1.34. The van der Waals surface area contributed by atoms with Gasteiger partial charge in [0.25, 0.3) is 5.91 Å². The van der Waals surface area contributed by atoms with Gasteiger partial charge < -0.3 is 20.1 Å². The van der Waals surface area contributed by atoms with Crippen molar-refractivity contribution in [3.63, 3.8) is 0 Å². The zero-order valence-electron chi connectivity index (χ0n) is 20.5. The minimum atomic E-state index is -0.451. The van der Waals surface area contributed by atoms with Gasteiger partial charge in [-0.1, -0.05) is 25.1 Å². The molecule has 7 nitrogen and oxygen atoms in total. The van der Waals surface area contributed by atoms with Crippen LogP contribution in [0.25, 0.3) is 0 Å². The number of hydrogen-bond donors (Lipinski definition) is 2. The van der Waals surface area contributed by atoms with Gasteiger partial charge in [0.15, 0.2) is 0 Å². The number of allylic oxidation sites excluding steroid dienone is 1. The molecule has 3 aliphatic heterocycles. The number of carbonyl (C=O) groups excluding carboxylic acids is 2. The van der Waals surface area contributed by atoms with Crippen LogP contribution in [0.15, 0.2) is 54.7 Å². The number of amides is 2. The smallest absolute Gasteiger partial charge is 0.255 e. The highest BCUT2D eigenvalue weighted by Gasteiger charge is 2.40. The van der Waals surface area contributed by atoms with E-state index in [1.807, 2.05) is 30.3 Å². The lowest BCUT2D eigenvalue weighted by atomic mass is 9.84. The SMILES string of the molecule is C=C1CCC(N2Cc3cc(O[C@H]4CCCC[C@@H]4N4CC(c5cccc(O)c5)C4)ccc3C2=O)C(=O)N1. The van der Waals surface area contributed by atoms with Gasteiger partial charge in [-0.05, 0) is 73.6 Å². The van der Waals surface area contributed by atoms with Gasteiger partial charge in [0, 0.05) is 42.9 Å². The lowest BCUT2D eigenvalue weighted by molar-refractivity contribution is -0.126. The molecule has 2 aromatic rings. The molecule has 6 rings (SSSR count). The Morgan fingerprint density at radius 1 is 1.03 bits per heavy atom. The fourth-order valence-corrected chi connectivity index (χ4v) is 6.28. The van der Waals surface area contributed by atoms with E-state index in [0.717, 1.165) is 43.7 Å². The number of carbonyl (C=O) groups is 2. The maximum absolute atomic E-state index is 13.0. The number of ether oxygens (including phenoxy) is 1. The van der Waals surface area contributed by atoms with Crippen LogP contribution in [0.2, 0.25) is 0 Å². The van der Waals surface area contributed by atoms with Crippen molar-refractivity contribution in [2.45, 2.75) is 69.2 Å². The van der Waals surface area contributed by atoms with Crippen LogP contribution in [-0.2, 0) is 11.3 Å². The fraction of sp³-hybridized carbons (Fsp3) is 0.448. The molecule has 2 saturated heterocycles. The van der Waals surface area contributed by atoms with E-state index in [1.54, 1.807) is 11.0 Å². The number of phenolic OH excluding ortho intramolecular Hbond substituents is 1. The minimum Gasteiger partial charge on any atom is -0.508 e. The van der Waals surface area contributed by atoms with Gasteiger partial charge in [0.05, 0.1) is 0 Å². The molecule has 2 amide bonds. The third-order valence-electron chi connectivity index (χ3n) is 8.28. The first-order valence-electron chi connectivity index (χ1n) is 13.1. The van der Waals surface area contributed by atoms with Crippen LogP contribution in [-0.4, -0.2) is 58.0 Å². The number of benzene rings is 2. The average Bonchev–Trinajstić information content (AvgIpc) is 3.15. The molecule has 0 radical (unpaired) electrons. The molecule has 3 heterocycles.